The quantitative estimate of drug-likeness (QED) is 0.701. The molecule has 7 nitrogen and oxygen atoms in total. The maximum atomic E-state index is 12.6. The van der Waals surface area contributed by atoms with Crippen LogP contribution in [-0.2, 0) is 14.4 Å². The molecule has 1 aromatic rings. The van der Waals surface area contributed by atoms with Crippen LogP contribution in [0, 0.1) is 6.92 Å². The summed E-state index contributed by atoms with van der Waals surface area (Å²) in [5.74, 6) is -0.00778. The minimum atomic E-state index is -0.494. The van der Waals surface area contributed by atoms with E-state index in [0.29, 0.717) is 17.1 Å². The zero-order chi connectivity index (χ0) is 21.5. The average Bonchev–Trinajstić information content (AvgIpc) is 3.30. The molecule has 0 spiro atoms. The van der Waals surface area contributed by atoms with Crippen molar-refractivity contribution in [1.82, 2.24) is 15.1 Å². The summed E-state index contributed by atoms with van der Waals surface area (Å²) in [7, 11) is 0. The van der Waals surface area contributed by atoms with Crippen LogP contribution in [0.3, 0.4) is 0 Å². The van der Waals surface area contributed by atoms with Gasteiger partial charge in [0, 0.05) is 25.3 Å². The molecule has 0 bridgehead atoms. The molecular weight excluding hydrogens is 422 g/mol. The number of imide groups is 1. The van der Waals surface area contributed by atoms with E-state index < -0.39 is 6.04 Å². The SMILES string of the molecule is Cc1ccc(/C=C2/SC(=O)N(CCNC(=O)[C@H]3CS[C@]4(C)CCC(=O)N34)C2=O)cc1. The number of benzene rings is 1. The standard InChI is InChI=1S/C21H23N3O4S2/c1-13-3-5-14(6-4-13)11-16-19(27)23(20(28)30-16)10-9-22-18(26)15-12-29-21(2)8-7-17(25)24(15)21/h3-6,11,15H,7-10,12H2,1-2H3,(H,22,26)/b16-11+/t15-,21-/m1/s1. The molecular formula is C21H23N3O4S2. The zero-order valence-corrected chi connectivity index (χ0v) is 18.5. The summed E-state index contributed by atoms with van der Waals surface area (Å²) < 4.78 is 0. The van der Waals surface area contributed by atoms with Gasteiger partial charge in [-0.1, -0.05) is 29.8 Å². The molecule has 0 unspecified atom stereocenters. The summed E-state index contributed by atoms with van der Waals surface area (Å²) >= 11 is 2.54. The van der Waals surface area contributed by atoms with E-state index in [-0.39, 0.29) is 40.9 Å². The van der Waals surface area contributed by atoms with Crippen molar-refractivity contribution in [2.24, 2.45) is 0 Å². The number of carbonyl (C=O) groups excluding carboxylic acids is 4. The van der Waals surface area contributed by atoms with E-state index in [1.165, 1.54) is 0 Å². The molecule has 9 heteroatoms. The van der Waals surface area contributed by atoms with Gasteiger partial charge in [-0.15, -0.1) is 11.8 Å². The first-order valence-electron chi connectivity index (χ1n) is 9.84. The van der Waals surface area contributed by atoms with Gasteiger partial charge >= 0.3 is 0 Å². The van der Waals surface area contributed by atoms with E-state index in [1.807, 2.05) is 38.1 Å². The van der Waals surface area contributed by atoms with E-state index in [2.05, 4.69) is 5.32 Å². The molecule has 3 aliphatic rings. The molecule has 3 aliphatic heterocycles. The lowest BCUT2D eigenvalue weighted by Crippen LogP contribution is -2.51. The number of nitrogens with zero attached hydrogens (tertiary/aromatic N) is 2. The minimum absolute atomic E-state index is 0.00910. The molecule has 158 valence electrons. The van der Waals surface area contributed by atoms with Crippen LogP contribution in [0.15, 0.2) is 29.2 Å². The largest absolute Gasteiger partial charge is 0.352 e. The third-order valence-corrected chi connectivity index (χ3v) is 8.04. The van der Waals surface area contributed by atoms with Crippen molar-refractivity contribution in [1.29, 1.82) is 0 Å². The first-order valence-corrected chi connectivity index (χ1v) is 11.6. The highest BCUT2D eigenvalue weighted by Gasteiger charge is 2.52. The zero-order valence-electron chi connectivity index (χ0n) is 16.8. The third-order valence-electron chi connectivity index (χ3n) is 5.63. The normalized spacial score (nSPS) is 27.3. The molecule has 3 saturated heterocycles. The molecule has 0 aromatic heterocycles. The highest BCUT2D eigenvalue weighted by Crippen LogP contribution is 2.47. The maximum absolute atomic E-state index is 12.6. The number of hydrogen-bond acceptors (Lipinski definition) is 6. The van der Waals surface area contributed by atoms with Gasteiger partial charge in [-0.3, -0.25) is 24.1 Å². The molecule has 0 saturated carbocycles. The van der Waals surface area contributed by atoms with Crippen molar-refractivity contribution in [2.45, 2.75) is 37.6 Å². The lowest BCUT2D eigenvalue weighted by Gasteiger charge is -2.29. The summed E-state index contributed by atoms with van der Waals surface area (Å²) in [6, 6.07) is 7.20. The van der Waals surface area contributed by atoms with Gasteiger partial charge in [-0.25, -0.2) is 0 Å². The van der Waals surface area contributed by atoms with Crippen molar-refractivity contribution in [3.05, 3.63) is 40.3 Å². The summed E-state index contributed by atoms with van der Waals surface area (Å²) in [4.78, 5) is 52.6. The molecule has 4 rings (SSSR count). The molecule has 2 atom stereocenters. The smallest absolute Gasteiger partial charge is 0.293 e. The molecule has 3 fully saturated rings. The lowest BCUT2D eigenvalue weighted by atomic mass is 10.1. The first-order chi connectivity index (χ1) is 14.3. The fraction of sp³-hybridized carbons (Fsp3) is 0.429. The number of carbonyl (C=O) groups is 4. The molecule has 0 radical (unpaired) electrons. The van der Waals surface area contributed by atoms with Crippen molar-refractivity contribution < 1.29 is 19.2 Å². The Morgan fingerprint density at radius 2 is 2.00 bits per heavy atom. The van der Waals surface area contributed by atoms with Gasteiger partial charge in [0.2, 0.25) is 11.8 Å². The second-order valence-corrected chi connectivity index (χ2v) is 10.3. The molecule has 0 aliphatic carbocycles. The Morgan fingerprint density at radius 1 is 1.27 bits per heavy atom. The Balaban J connectivity index is 1.33. The second kappa shape index (κ2) is 8.11. The van der Waals surface area contributed by atoms with E-state index in [9.17, 15) is 19.2 Å². The Kier molecular flexibility index (Phi) is 5.67. The average molecular weight is 446 g/mol. The van der Waals surface area contributed by atoms with E-state index in [0.717, 1.165) is 34.2 Å². The van der Waals surface area contributed by atoms with E-state index >= 15 is 0 Å². The summed E-state index contributed by atoms with van der Waals surface area (Å²) in [5.41, 5.74) is 1.98. The van der Waals surface area contributed by atoms with E-state index in [4.69, 9.17) is 0 Å². The molecule has 30 heavy (non-hydrogen) atoms. The Labute approximate surface area is 183 Å². The van der Waals surface area contributed by atoms with Crippen LogP contribution in [0.25, 0.3) is 6.08 Å². The van der Waals surface area contributed by atoms with Gasteiger partial charge < -0.3 is 10.2 Å². The molecule has 4 amide bonds. The van der Waals surface area contributed by atoms with Gasteiger partial charge in [0.15, 0.2) is 0 Å². The number of amides is 4. The fourth-order valence-electron chi connectivity index (χ4n) is 3.93. The van der Waals surface area contributed by atoms with Crippen LogP contribution in [0.2, 0.25) is 0 Å². The molecule has 1 aromatic carbocycles. The van der Waals surface area contributed by atoms with Gasteiger partial charge in [0.05, 0.1) is 9.78 Å². The fourth-order valence-corrected chi connectivity index (χ4v) is 6.23. The number of nitrogens with one attached hydrogen (secondary N) is 1. The Hall–Kier alpha value is -2.26. The molecule has 1 N–H and O–H groups in total. The Morgan fingerprint density at radius 3 is 2.73 bits per heavy atom. The Bertz CT molecular complexity index is 946. The number of rotatable bonds is 5. The highest BCUT2D eigenvalue weighted by molar-refractivity contribution is 8.18. The van der Waals surface area contributed by atoms with Gasteiger partial charge in [0.1, 0.15) is 6.04 Å². The third kappa shape index (κ3) is 3.88. The van der Waals surface area contributed by atoms with E-state index in [1.54, 1.807) is 22.7 Å². The predicted molar refractivity (Wildman–Crippen MR) is 118 cm³/mol. The highest BCUT2D eigenvalue weighted by atomic mass is 32.2. The maximum Gasteiger partial charge on any atom is 0.293 e. The molecule has 3 heterocycles. The number of thioether (sulfide) groups is 2. The summed E-state index contributed by atoms with van der Waals surface area (Å²) in [6.45, 7) is 4.24. The first kappa shape index (κ1) is 21.0. The van der Waals surface area contributed by atoms with Crippen molar-refractivity contribution in [3.63, 3.8) is 0 Å². The summed E-state index contributed by atoms with van der Waals surface area (Å²) in [6.07, 6.45) is 2.93. The predicted octanol–water partition coefficient (Wildman–Crippen LogP) is 2.60. The second-order valence-electron chi connectivity index (χ2n) is 7.80. The van der Waals surface area contributed by atoms with Crippen LogP contribution < -0.4 is 5.32 Å². The van der Waals surface area contributed by atoms with Gasteiger partial charge in [-0.05, 0) is 43.7 Å². The lowest BCUT2D eigenvalue weighted by molar-refractivity contribution is -0.137. The van der Waals surface area contributed by atoms with Crippen LogP contribution in [-0.4, -0.2) is 62.5 Å². The van der Waals surface area contributed by atoms with Crippen molar-refractivity contribution >= 4 is 52.6 Å². The number of fused-ring (bicyclic) bond motifs is 1. The van der Waals surface area contributed by atoms with Gasteiger partial charge in [-0.2, -0.15) is 0 Å². The van der Waals surface area contributed by atoms with Crippen molar-refractivity contribution in [3.8, 4) is 0 Å². The summed E-state index contributed by atoms with van der Waals surface area (Å²) in [5, 5.41) is 2.45. The number of hydrogen-bond donors (Lipinski definition) is 1. The van der Waals surface area contributed by atoms with Crippen LogP contribution in [0.5, 0.6) is 0 Å². The monoisotopic (exact) mass is 445 g/mol. The van der Waals surface area contributed by atoms with Crippen molar-refractivity contribution in [2.75, 3.05) is 18.8 Å². The van der Waals surface area contributed by atoms with Crippen LogP contribution in [0.4, 0.5) is 4.79 Å². The van der Waals surface area contributed by atoms with Crippen LogP contribution in [0.1, 0.15) is 30.9 Å². The van der Waals surface area contributed by atoms with Crippen LogP contribution >= 0.6 is 23.5 Å². The topological polar surface area (TPSA) is 86.8 Å². The van der Waals surface area contributed by atoms with Gasteiger partial charge in [0.25, 0.3) is 11.1 Å². The number of aryl methyl sites for hydroxylation is 1. The minimum Gasteiger partial charge on any atom is -0.352 e.